The number of hydrogen-bond donors (Lipinski definition) is 6. The zero-order valence-electron chi connectivity index (χ0n) is 9.42. The fourth-order valence-corrected chi connectivity index (χ4v) is 1.47. The molecule has 18 heavy (non-hydrogen) atoms. The van der Waals surface area contributed by atoms with Gasteiger partial charge in [0.05, 0.1) is 13.2 Å². The third-order valence-electron chi connectivity index (χ3n) is 2.61. The van der Waals surface area contributed by atoms with Crippen molar-refractivity contribution >= 4 is 5.97 Å². The summed E-state index contributed by atoms with van der Waals surface area (Å²) in [6.45, 7) is -1.03. The number of carboxylic acids is 1. The Balaban J connectivity index is 2.56. The van der Waals surface area contributed by atoms with Gasteiger partial charge in [0.25, 0.3) is 0 Å². The number of nitrogens with two attached hydrogens (primary N) is 1. The average molecular weight is 267 g/mol. The van der Waals surface area contributed by atoms with Crippen molar-refractivity contribution in [2.45, 2.75) is 36.7 Å². The van der Waals surface area contributed by atoms with E-state index in [2.05, 4.69) is 0 Å². The van der Waals surface area contributed by atoms with E-state index >= 15 is 0 Å². The van der Waals surface area contributed by atoms with E-state index in [1.54, 1.807) is 0 Å². The molecule has 1 saturated heterocycles. The van der Waals surface area contributed by atoms with Crippen LogP contribution in [0, 0.1) is 0 Å². The van der Waals surface area contributed by atoms with E-state index in [1.165, 1.54) is 0 Å². The van der Waals surface area contributed by atoms with Gasteiger partial charge in [0.1, 0.15) is 30.5 Å². The molecule has 1 fully saturated rings. The smallest absolute Gasteiger partial charge is 0.322 e. The first kappa shape index (κ1) is 15.2. The van der Waals surface area contributed by atoms with Crippen molar-refractivity contribution in [3.8, 4) is 0 Å². The molecule has 0 spiro atoms. The first-order chi connectivity index (χ1) is 8.38. The number of aliphatic hydroxyl groups excluding tert-OH is 4. The Morgan fingerprint density at radius 1 is 1.28 bits per heavy atom. The van der Waals surface area contributed by atoms with Crippen molar-refractivity contribution in [2.75, 3.05) is 13.2 Å². The SMILES string of the molecule is N[C@@H](CO[C@H]1O[C@H](CO)[C@@H](O)[C@H](O)[C@H]1O)C(=O)O. The summed E-state index contributed by atoms with van der Waals surface area (Å²) < 4.78 is 9.89. The Hall–Kier alpha value is -0.810. The highest BCUT2D eigenvalue weighted by molar-refractivity contribution is 5.73. The zero-order valence-corrected chi connectivity index (χ0v) is 9.42. The number of rotatable bonds is 5. The van der Waals surface area contributed by atoms with Crippen LogP contribution in [0.1, 0.15) is 0 Å². The molecule has 9 nitrogen and oxygen atoms in total. The van der Waals surface area contributed by atoms with Gasteiger partial charge in [-0.05, 0) is 0 Å². The maximum Gasteiger partial charge on any atom is 0.322 e. The molecule has 1 heterocycles. The van der Waals surface area contributed by atoms with Gasteiger partial charge in [-0.3, -0.25) is 4.79 Å². The summed E-state index contributed by atoms with van der Waals surface area (Å²) in [5, 5.41) is 45.9. The van der Waals surface area contributed by atoms with Crippen LogP contribution in [0.4, 0.5) is 0 Å². The second kappa shape index (κ2) is 6.38. The van der Waals surface area contributed by atoms with Crippen LogP contribution in [0.5, 0.6) is 0 Å². The van der Waals surface area contributed by atoms with Crippen LogP contribution in [0.3, 0.4) is 0 Å². The molecule has 1 aliphatic heterocycles. The summed E-state index contributed by atoms with van der Waals surface area (Å²) in [5.41, 5.74) is 5.19. The number of hydrogen-bond acceptors (Lipinski definition) is 8. The van der Waals surface area contributed by atoms with Crippen molar-refractivity contribution in [3.05, 3.63) is 0 Å². The molecule has 0 saturated carbocycles. The lowest BCUT2D eigenvalue weighted by Crippen LogP contribution is -2.59. The average Bonchev–Trinajstić information content (AvgIpc) is 2.34. The van der Waals surface area contributed by atoms with Gasteiger partial charge in [-0.15, -0.1) is 0 Å². The highest BCUT2D eigenvalue weighted by Gasteiger charge is 2.44. The molecule has 0 bridgehead atoms. The number of aliphatic carboxylic acids is 1. The molecule has 9 heteroatoms. The lowest BCUT2D eigenvalue weighted by Gasteiger charge is -2.39. The summed E-state index contributed by atoms with van der Waals surface area (Å²) >= 11 is 0. The van der Waals surface area contributed by atoms with Crippen LogP contribution >= 0.6 is 0 Å². The van der Waals surface area contributed by atoms with Gasteiger partial charge in [-0.1, -0.05) is 0 Å². The molecule has 0 aromatic heterocycles. The molecule has 0 unspecified atom stereocenters. The van der Waals surface area contributed by atoms with Gasteiger partial charge < -0.3 is 40.7 Å². The van der Waals surface area contributed by atoms with Crippen molar-refractivity contribution in [1.82, 2.24) is 0 Å². The lowest BCUT2D eigenvalue weighted by molar-refractivity contribution is -0.301. The fraction of sp³-hybridized carbons (Fsp3) is 0.889. The van der Waals surface area contributed by atoms with Gasteiger partial charge in [0.2, 0.25) is 0 Å². The molecule has 0 aliphatic carbocycles. The molecule has 6 atom stereocenters. The fourth-order valence-electron chi connectivity index (χ4n) is 1.47. The van der Waals surface area contributed by atoms with E-state index in [1.807, 2.05) is 0 Å². The van der Waals surface area contributed by atoms with Crippen LogP contribution < -0.4 is 5.73 Å². The van der Waals surface area contributed by atoms with E-state index in [9.17, 15) is 20.1 Å². The summed E-state index contributed by atoms with van der Waals surface area (Å²) in [6, 6.07) is -1.31. The molecular formula is C9H17NO8. The van der Waals surface area contributed by atoms with E-state index in [4.69, 9.17) is 25.4 Å². The number of carboxylic acid groups (broad SMARTS) is 1. The standard InChI is InChI=1S/C9H17NO8/c10-3(8(15)16)2-17-9-7(14)6(13)5(12)4(1-11)18-9/h3-7,9,11-14H,1-2,10H2,(H,15,16)/t3-,4+,5+,6-,7+,9-/m0/s1. The minimum absolute atomic E-state index is 0.446. The number of carbonyl (C=O) groups is 1. The maximum absolute atomic E-state index is 10.5. The highest BCUT2D eigenvalue weighted by atomic mass is 16.7. The van der Waals surface area contributed by atoms with Crippen LogP contribution in [0.15, 0.2) is 0 Å². The third kappa shape index (κ3) is 3.36. The van der Waals surface area contributed by atoms with Gasteiger partial charge >= 0.3 is 5.97 Å². The monoisotopic (exact) mass is 267 g/mol. The molecule has 0 aromatic rings. The van der Waals surface area contributed by atoms with Gasteiger partial charge in [-0.2, -0.15) is 0 Å². The Morgan fingerprint density at radius 2 is 1.89 bits per heavy atom. The highest BCUT2D eigenvalue weighted by Crippen LogP contribution is 2.21. The summed E-state index contributed by atoms with van der Waals surface area (Å²) in [7, 11) is 0. The van der Waals surface area contributed by atoms with Crippen LogP contribution in [0.2, 0.25) is 0 Å². The van der Waals surface area contributed by atoms with E-state index in [0.29, 0.717) is 0 Å². The Morgan fingerprint density at radius 3 is 2.39 bits per heavy atom. The number of aliphatic hydroxyl groups is 4. The minimum atomic E-state index is -1.57. The predicted octanol–water partition coefficient (Wildman–Crippen LogP) is -3.79. The molecule has 7 N–H and O–H groups in total. The first-order valence-corrected chi connectivity index (χ1v) is 5.29. The predicted molar refractivity (Wildman–Crippen MR) is 55.3 cm³/mol. The van der Waals surface area contributed by atoms with Crippen molar-refractivity contribution in [2.24, 2.45) is 5.73 Å². The topological polar surface area (TPSA) is 163 Å². The summed E-state index contributed by atoms with van der Waals surface area (Å²) in [5.74, 6) is -1.29. The van der Waals surface area contributed by atoms with Crippen LogP contribution in [-0.2, 0) is 14.3 Å². The molecule has 0 radical (unpaired) electrons. The molecular weight excluding hydrogens is 250 g/mol. The van der Waals surface area contributed by atoms with Gasteiger partial charge in [-0.25, -0.2) is 0 Å². The Kier molecular flexibility index (Phi) is 5.41. The second-order valence-electron chi connectivity index (χ2n) is 3.98. The van der Waals surface area contributed by atoms with Crippen molar-refractivity contribution < 1.29 is 39.8 Å². The van der Waals surface area contributed by atoms with Crippen LogP contribution in [0.25, 0.3) is 0 Å². The zero-order chi connectivity index (χ0) is 13.9. The number of ether oxygens (including phenoxy) is 2. The maximum atomic E-state index is 10.5. The van der Waals surface area contributed by atoms with Crippen molar-refractivity contribution in [1.29, 1.82) is 0 Å². The summed E-state index contributed by atoms with van der Waals surface area (Å²) in [6.07, 6.45) is -7.09. The van der Waals surface area contributed by atoms with Gasteiger partial charge in [0, 0.05) is 0 Å². The molecule has 0 aromatic carbocycles. The van der Waals surface area contributed by atoms with Crippen LogP contribution in [-0.4, -0.2) is 81.5 Å². The Labute approximate surface area is 102 Å². The normalized spacial score (nSPS) is 38.4. The van der Waals surface area contributed by atoms with E-state index in [-0.39, 0.29) is 0 Å². The van der Waals surface area contributed by atoms with Crippen molar-refractivity contribution in [3.63, 3.8) is 0 Å². The first-order valence-electron chi connectivity index (χ1n) is 5.29. The molecule has 0 amide bonds. The largest absolute Gasteiger partial charge is 0.480 e. The molecule has 1 rings (SSSR count). The Bertz CT molecular complexity index is 286. The van der Waals surface area contributed by atoms with E-state index < -0.39 is 55.9 Å². The van der Waals surface area contributed by atoms with Gasteiger partial charge in [0.15, 0.2) is 6.29 Å². The lowest BCUT2D eigenvalue weighted by atomic mass is 9.99. The molecule has 106 valence electrons. The third-order valence-corrected chi connectivity index (χ3v) is 2.61. The minimum Gasteiger partial charge on any atom is -0.480 e. The summed E-state index contributed by atoms with van der Waals surface area (Å²) in [4.78, 5) is 10.5. The van der Waals surface area contributed by atoms with E-state index in [0.717, 1.165) is 0 Å². The quantitative estimate of drug-likeness (QED) is 0.293. The second-order valence-corrected chi connectivity index (χ2v) is 3.98. The molecule has 1 aliphatic rings.